The summed E-state index contributed by atoms with van der Waals surface area (Å²) in [6.45, 7) is 5.52. The number of guanidine groups is 1. The van der Waals surface area contributed by atoms with E-state index in [-0.39, 0.29) is 37.1 Å². The van der Waals surface area contributed by atoms with Crippen molar-refractivity contribution in [3.05, 3.63) is 12.2 Å². The molecule has 0 spiro atoms. The van der Waals surface area contributed by atoms with Gasteiger partial charge in [0.15, 0.2) is 5.96 Å². The Morgan fingerprint density at radius 3 is 2.64 bits per heavy atom. The topological polar surface area (TPSA) is 70.4 Å². The summed E-state index contributed by atoms with van der Waals surface area (Å²) in [7, 11) is 1.43. The summed E-state index contributed by atoms with van der Waals surface area (Å²) >= 11 is 0. The van der Waals surface area contributed by atoms with Crippen molar-refractivity contribution in [3.63, 3.8) is 0 Å². The van der Waals surface area contributed by atoms with Crippen molar-refractivity contribution >= 4 is 29.9 Å². The number of hydrogen-bond acceptors (Lipinski definition) is 4. The molecule has 1 rings (SSSR count). The van der Waals surface area contributed by atoms with E-state index < -0.39 is 12.7 Å². The monoisotopic (exact) mass is 477 g/mol. The highest BCUT2D eigenvalue weighted by Crippen LogP contribution is 2.15. The van der Waals surface area contributed by atoms with Crippen LogP contribution >= 0.6 is 24.0 Å². The molecule has 1 heterocycles. The Morgan fingerprint density at radius 2 is 2.04 bits per heavy atom. The van der Waals surface area contributed by atoms with Gasteiger partial charge in [0.1, 0.15) is 12.2 Å². The van der Waals surface area contributed by atoms with E-state index in [9.17, 15) is 13.2 Å². The number of hydrogen-bond donors (Lipinski definition) is 2. The molecule has 0 aliphatic heterocycles. The predicted molar refractivity (Wildman–Crippen MR) is 102 cm³/mol. The predicted octanol–water partition coefficient (Wildman–Crippen LogP) is 1.51. The number of nitrogens with one attached hydrogen (secondary N) is 2. The summed E-state index contributed by atoms with van der Waals surface area (Å²) in [6, 6.07) is 0. The number of alkyl halides is 3. The van der Waals surface area contributed by atoms with Crippen molar-refractivity contribution in [2.75, 3.05) is 39.8 Å². The van der Waals surface area contributed by atoms with Crippen LogP contribution in [0.1, 0.15) is 19.7 Å². The van der Waals surface area contributed by atoms with Gasteiger partial charge in [-0.25, -0.2) is 0 Å². The molecule has 11 heteroatoms. The number of nitrogens with zero attached hydrogens (tertiary/aromatic N) is 5. The van der Waals surface area contributed by atoms with Crippen molar-refractivity contribution < 1.29 is 13.2 Å². The van der Waals surface area contributed by atoms with Crippen LogP contribution in [0.25, 0.3) is 0 Å². The van der Waals surface area contributed by atoms with Crippen LogP contribution in [0, 0.1) is 0 Å². The Morgan fingerprint density at radius 1 is 1.32 bits per heavy atom. The van der Waals surface area contributed by atoms with Crippen LogP contribution in [0.3, 0.4) is 0 Å². The van der Waals surface area contributed by atoms with Gasteiger partial charge in [0, 0.05) is 32.6 Å². The average Bonchev–Trinajstić information content (AvgIpc) is 2.93. The average molecular weight is 477 g/mol. The highest BCUT2D eigenvalue weighted by Gasteiger charge is 2.28. The zero-order valence-corrected chi connectivity index (χ0v) is 17.1. The molecular weight excluding hydrogens is 450 g/mol. The maximum Gasteiger partial charge on any atom is 0.401 e. The Bertz CT molecular complexity index is 505. The highest BCUT2D eigenvalue weighted by molar-refractivity contribution is 14.0. The molecule has 0 fully saturated rings. The van der Waals surface area contributed by atoms with Gasteiger partial charge in [0.05, 0.1) is 13.1 Å². The summed E-state index contributed by atoms with van der Waals surface area (Å²) in [4.78, 5) is 5.50. The van der Waals surface area contributed by atoms with E-state index in [4.69, 9.17) is 0 Å². The van der Waals surface area contributed by atoms with Crippen LogP contribution < -0.4 is 10.6 Å². The summed E-state index contributed by atoms with van der Waals surface area (Å²) in [5.41, 5.74) is 0. The van der Waals surface area contributed by atoms with Crippen molar-refractivity contribution in [1.29, 1.82) is 0 Å². The molecule has 25 heavy (non-hydrogen) atoms. The smallest absolute Gasteiger partial charge is 0.357 e. The first kappa shape index (κ1) is 23.9. The number of aromatic nitrogens is 3. The van der Waals surface area contributed by atoms with Crippen LogP contribution in [-0.4, -0.2) is 71.6 Å². The lowest BCUT2D eigenvalue weighted by molar-refractivity contribution is -0.142. The Balaban J connectivity index is 0.00000576. The van der Waals surface area contributed by atoms with E-state index in [1.54, 1.807) is 6.33 Å². The summed E-state index contributed by atoms with van der Waals surface area (Å²) in [6.07, 6.45) is -1.70. The lowest BCUT2D eigenvalue weighted by Gasteiger charge is -2.18. The molecule has 1 aromatic heterocycles. The fraction of sp³-hybridized carbons (Fsp3) is 0.786. The Labute approximate surface area is 163 Å². The normalized spacial score (nSPS) is 12.2. The van der Waals surface area contributed by atoms with Gasteiger partial charge in [0.25, 0.3) is 0 Å². The van der Waals surface area contributed by atoms with Crippen LogP contribution in [0.4, 0.5) is 13.2 Å². The minimum absolute atomic E-state index is 0. The fourth-order valence-electron chi connectivity index (χ4n) is 2.09. The van der Waals surface area contributed by atoms with Crippen LogP contribution in [0.2, 0.25) is 0 Å². The lowest BCUT2D eigenvalue weighted by Crippen LogP contribution is -2.39. The standard InChI is InChI=1S/C14H26F3N7.HI/c1-4-12-22-21-11-24(12)9-7-20-13(18-5-2)19-6-8-23(3)10-14(15,16)17;/h11H,4-10H2,1-3H3,(H2,18,19,20);1H. The first-order chi connectivity index (χ1) is 11.4. The molecule has 0 saturated heterocycles. The molecule has 0 unspecified atom stereocenters. The van der Waals surface area contributed by atoms with Gasteiger partial charge >= 0.3 is 6.18 Å². The minimum atomic E-state index is -4.18. The third-order valence-electron chi connectivity index (χ3n) is 3.20. The maximum atomic E-state index is 12.3. The summed E-state index contributed by atoms with van der Waals surface area (Å²) < 4.78 is 38.7. The molecule has 146 valence electrons. The van der Waals surface area contributed by atoms with Gasteiger partial charge in [0.2, 0.25) is 0 Å². The Hall–Kier alpha value is -1.11. The van der Waals surface area contributed by atoms with Gasteiger partial charge < -0.3 is 15.2 Å². The number of aryl methyl sites for hydroxylation is 1. The van der Waals surface area contributed by atoms with Gasteiger partial charge in [-0.1, -0.05) is 6.92 Å². The number of halogens is 4. The molecule has 0 aliphatic carbocycles. The van der Waals surface area contributed by atoms with Crippen LogP contribution in [0.15, 0.2) is 11.3 Å². The zero-order chi connectivity index (χ0) is 18.0. The molecule has 0 aliphatic rings. The molecule has 1 aromatic rings. The molecule has 0 amide bonds. The second-order valence-electron chi connectivity index (χ2n) is 5.33. The number of likely N-dealkylation sites (N-methyl/N-ethyl adjacent to an activating group) is 1. The molecular formula is C14H27F3IN7. The van der Waals surface area contributed by atoms with Crippen molar-refractivity contribution in [2.24, 2.45) is 4.99 Å². The molecule has 2 N–H and O–H groups in total. The third kappa shape index (κ3) is 10.5. The molecule has 0 atom stereocenters. The van der Waals surface area contributed by atoms with E-state index in [0.717, 1.165) is 12.2 Å². The molecule has 0 saturated carbocycles. The van der Waals surface area contributed by atoms with E-state index >= 15 is 0 Å². The first-order valence-electron chi connectivity index (χ1n) is 7.99. The number of aliphatic imine (C=N–C) groups is 1. The van der Waals surface area contributed by atoms with Crippen molar-refractivity contribution in [3.8, 4) is 0 Å². The van der Waals surface area contributed by atoms with Crippen LogP contribution in [0.5, 0.6) is 0 Å². The molecule has 0 aromatic carbocycles. The van der Waals surface area contributed by atoms with E-state index in [1.807, 2.05) is 18.4 Å². The Kier molecular flexibility index (Phi) is 11.7. The van der Waals surface area contributed by atoms with E-state index in [2.05, 4.69) is 25.8 Å². The second kappa shape index (κ2) is 12.3. The SMILES string of the molecule is CCNC(=NCCN(C)CC(F)(F)F)NCCn1cnnc1CC.I. The van der Waals surface area contributed by atoms with E-state index in [1.165, 1.54) is 11.9 Å². The van der Waals surface area contributed by atoms with Crippen molar-refractivity contribution in [1.82, 2.24) is 30.3 Å². The van der Waals surface area contributed by atoms with Gasteiger partial charge in [-0.3, -0.25) is 9.89 Å². The second-order valence-corrected chi connectivity index (χ2v) is 5.33. The van der Waals surface area contributed by atoms with Gasteiger partial charge in [-0.2, -0.15) is 13.2 Å². The lowest BCUT2D eigenvalue weighted by atomic mass is 10.4. The molecule has 0 bridgehead atoms. The summed E-state index contributed by atoms with van der Waals surface area (Å²) in [5.74, 6) is 1.50. The largest absolute Gasteiger partial charge is 0.401 e. The number of rotatable bonds is 9. The first-order valence-corrected chi connectivity index (χ1v) is 7.99. The van der Waals surface area contributed by atoms with Crippen LogP contribution in [-0.2, 0) is 13.0 Å². The molecule has 0 radical (unpaired) electrons. The molecule has 7 nitrogen and oxygen atoms in total. The highest BCUT2D eigenvalue weighted by atomic mass is 127. The van der Waals surface area contributed by atoms with Crippen molar-refractivity contribution in [2.45, 2.75) is 33.0 Å². The quantitative estimate of drug-likeness (QED) is 0.321. The zero-order valence-electron chi connectivity index (χ0n) is 14.8. The van der Waals surface area contributed by atoms with Gasteiger partial charge in [-0.05, 0) is 14.0 Å². The minimum Gasteiger partial charge on any atom is -0.357 e. The van der Waals surface area contributed by atoms with Gasteiger partial charge in [-0.15, -0.1) is 34.2 Å². The van der Waals surface area contributed by atoms with E-state index in [0.29, 0.717) is 25.6 Å². The third-order valence-corrected chi connectivity index (χ3v) is 3.20. The maximum absolute atomic E-state index is 12.3. The summed E-state index contributed by atoms with van der Waals surface area (Å²) in [5, 5.41) is 14.1. The fourth-order valence-corrected chi connectivity index (χ4v) is 2.09.